The monoisotopic (exact) mass is 373 g/mol. The minimum atomic E-state index is -0.742. The molecule has 0 amide bonds. The van der Waals surface area contributed by atoms with Crippen molar-refractivity contribution in [1.82, 2.24) is 14.6 Å². The number of imidazole rings is 1. The molecular weight excluding hydrogens is 350 g/mol. The Kier molecular flexibility index (Phi) is 4.34. The molecule has 0 spiro atoms. The van der Waals surface area contributed by atoms with Gasteiger partial charge in [0.1, 0.15) is 5.75 Å². The van der Waals surface area contributed by atoms with E-state index >= 15 is 0 Å². The van der Waals surface area contributed by atoms with Crippen molar-refractivity contribution >= 4 is 21.4 Å². The molecule has 1 fully saturated rings. The van der Waals surface area contributed by atoms with Gasteiger partial charge in [0.15, 0.2) is 0 Å². The molecule has 0 atom stereocenters. The van der Waals surface area contributed by atoms with Crippen LogP contribution in [-0.4, -0.2) is 52.0 Å². The molecule has 1 saturated heterocycles. The van der Waals surface area contributed by atoms with Crippen LogP contribution in [0.5, 0.6) is 5.75 Å². The number of nitrogens with zero attached hydrogens (tertiary/aromatic N) is 4. The van der Waals surface area contributed by atoms with Crippen LogP contribution < -0.4 is 15.4 Å². The highest BCUT2D eigenvalue weighted by molar-refractivity contribution is 7.20. The average molecular weight is 373 g/mol. The lowest BCUT2D eigenvalue weighted by molar-refractivity contribution is 0.0249. The van der Waals surface area contributed by atoms with Gasteiger partial charge in [-0.3, -0.25) is 0 Å². The Labute approximate surface area is 156 Å². The Hall–Kier alpha value is -2.16. The largest absolute Gasteiger partial charge is 0.496 e. The summed E-state index contributed by atoms with van der Waals surface area (Å²) < 4.78 is 7.41. The predicted octanol–water partition coefficient (Wildman–Crippen LogP) is 2.06. The van der Waals surface area contributed by atoms with Gasteiger partial charge in [-0.1, -0.05) is 17.4 Å². The molecule has 3 heterocycles. The number of fused-ring (bicyclic) bond motifs is 1. The van der Waals surface area contributed by atoms with Gasteiger partial charge in [0, 0.05) is 25.2 Å². The third kappa shape index (κ3) is 2.94. The molecule has 1 aromatic carbocycles. The molecular formula is C18H23N5O2S. The van der Waals surface area contributed by atoms with E-state index in [4.69, 9.17) is 15.6 Å². The molecule has 8 heteroatoms. The molecule has 3 N–H and O–H groups in total. The number of hydrogen-bond acceptors (Lipinski definition) is 7. The molecule has 2 aromatic heterocycles. The Morgan fingerprint density at radius 2 is 2.12 bits per heavy atom. The van der Waals surface area contributed by atoms with E-state index in [1.807, 2.05) is 29.8 Å². The molecule has 7 nitrogen and oxygen atoms in total. The first-order valence-corrected chi connectivity index (χ1v) is 9.52. The Morgan fingerprint density at radius 3 is 2.81 bits per heavy atom. The van der Waals surface area contributed by atoms with Gasteiger partial charge in [-0.05, 0) is 37.5 Å². The van der Waals surface area contributed by atoms with E-state index in [2.05, 4.69) is 16.0 Å². The first-order chi connectivity index (χ1) is 12.5. The first kappa shape index (κ1) is 17.3. The number of aliphatic hydroxyl groups is 1. The van der Waals surface area contributed by atoms with Gasteiger partial charge in [0.05, 0.1) is 24.6 Å². The maximum Gasteiger partial charge on any atom is 0.214 e. The highest BCUT2D eigenvalue weighted by Gasteiger charge is 2.32. The number of piperidine rings is 1. The number of anilines is 1. The third-order valence-electron chi connectivity index (χ3n) is 5.05. The molecule has 0 radical (unpaired) electrons. The van der Waals surface area contributed by atoms with Gasteiger partial charge in [-0.15, -0.1) is 5.10 Å². The summed E-state index contributed by atoms with van der Waals surface area (Å²) in [4.78, 5) is 7.56. The molecule has 0 bridgehead atoms. The van der Waals surface area contributed by atoms with Gasteiger partial charge >= 0.3 is 0 Å². The van der Waals surface area contributed by atoms with E-state index in [0.717, 1.165) is 45.8 Å². The fraction of sp³-hybridized carbons (Fsp3) is 0.444. The fourth-order valence-corrected chi connectivity index (χ4v) is 4.25. The summed E-state index contributed by atoms with van der Waals surface area (Å²) in [6.45, 7) is 3.83. The van der Waals surface area contributed by atoms with E-state index in [1.165, 1.54) is 0 Å². The van der Waals surface area contributed by atoms with Gasteiger partial charge in [0.2, 0.25) is 10.1 Å². The highest BCUT2D eigenvalue weighted by Crippen LogP contribution is 2.34. The van der Waals surface area contributed by atoms with Crippen molar-refractivity contribution in [2.45, 2.75) is 25.4 Å². The second kappa shape index (κ2) is 6.53. The molecule has 3 aromatic rings. The normalized spacial score (nSPS) is 17.0. The second-order valence-corrected chi connectivity index (χ2v) is 7.78. The second-order valence-electron chi connectivity index (χ2n) is 6.84. The smallest absolute Gasteiger partial charge is 0.214 e. The number of ether oxygens (including phenoxy) is 1. The number of methoxy groups -OCH3 is 1. The summed E-state index contributed by atoms with van der Waals surface area (Å²) in [6.07, 6.45) is 3.15. The van der Waals surface area contributed by atoms with E-state index in [-0.39, 0.29) is 0 Å². The Balaban J connectivity index is 1.66. The fourth-order valence-electron chi connectivity index (χ4n) is 3.32. The van der Waals surface area contributed by atoms with E-state index in [1.54, 1.807) is 18.4 Å². The lowest BCUT2D eigenvalue weighted by Gasteiger charge is -2.37. The zero-order chi connectivity index (χ0) is 18.3. The van der Waals surface area contributed by atoms with Crippen molar-refractivity contribution in [3.8, 4) is 17.0 Å². The Bertz CT molecular complexity index is 927. The van der Waals surface area contributed by atoms with Gasteiger partial charge in [-0.25, -0.2) is 9.50 Å². The molecule has 1 aliphatic heterocycles. The summed E-state index contributed by atoms with van der Waals surface area (Å²) in [5.74, 6) is 0.812. The third-order valence-corrected chi connectivity index (χ3v) is 6.04. The minimum Gasteiger partial charge on any atom is -0.496 e. The van der Waals surface area contributed by atoms with Gasteiger partial charge < -0.3 is 20.5 Å². The van der Waals surface area contributed by atoms with E-state index in [9.17, 15) is 5.11 Å². The number of nitrogens with two attached hydrogens (primary N) is 1. The molecule has 26 heavy (non-hydrogen) atoms. The maximum absolute atomic E-state index is 10.3. The topological polar surface area (TPSA) is 88.9 Å². The molecule has 0 aliphatic carbocycles. The summed E-state index contributed by atoms with van der Waals surface area (Å²) in [6, 6.07) is 6.11. The van der Waals surface area contributed by atoms with Crippen LogP contribution in [0.15, 0.2) is 24.4 Å². The summed E-state index contributed by atoms with van der Waals surface area (Å²) >= 11 is 1.56. The maximum atomic E-state index is 10.3. The van der Waals surface area contributed by atoms with Crippen molar-refractivity contribution in [2.24, 2.45) is 5.73 Å². The molecule has 138 valence electrons. The lowest BCUT2D eigenvalue weighted by atomic mass is 9.92. The van der Waals surface area contributed by atoms with Gasteiger partial charge in [0.25, 0.3) is 0 Å². The van der Waals surface area contributed by atoms with E-state index < -0.39 is 5.60 Å². The van der Waals surface area contributed by atoms with Crippen LogP contribution in [0.2, 0.25) is 0 Å². The summed E-state index contributed by atoms with van der Waals surface area (Å²) in [5, 5.41) is 16.0. The molecule has 0 saturated carbocycles. The van der Waals surface area contributed by atoms with E-state index in [0.29, 0.717) is 19.4 Å². The van der Waals surface area contributed by atoms with Crippen LogP contribution in [0.1, 0.15) is 18.4 Å². The quantitative estimate of drug-likeness (QED) is 0.728. The van der Waals surface area contributed by atoms with Crippen molar-refractivity contribution < 1.29 is 9.84 Å². The van der Waals surface area contributed by atoms with Crippen LogP contribution >= 0.6 is 11.3 Å². The number of aromatic nitrogens is 3. The van der Waals surface area contributed by atoms with Crippen LogP contribution in [-0.2, 0) is 0 Å². The highest BCUT2D eigenvalue weighted by atomic mass is 32.1. The van der Waals surface area contributed by atoms with Crippen LogP contribution in [0.25, 0.3) is 16.2 Å². The SMILES string of the molecule is COc1cc(C)ccc1-c1cnc2sc(N3CCC(O)(CN)CC3)nn12. The first-order valence-electron chi connectivity index (χ1n) is 8.70. The predicted molar refractivity (Wildman–Crippen MR) is 103 cm³/mol. The number of hydrogen-bond donors (Lipinski definition) is 2. The van der Waals surface area contributed by atoms with Crippen molar-refractivity contribution in [2.75, 3.05) is 31.6 Å². The van der Waals surface area contributed by atoms with Crippen LogP contribution in [0, 0.1) is 6.92 Å². The van der Waals surface area contributed by atoms with Crippen LogP contribution in [0.4, 0.5) is 5.13 Å². The summed E-state index contributed by atoms with van der Waals surface area (Å²) in [5.41, 5.74) is 7.97. The van der Waals surface area contributed by atoms with Crippen LogP contribution in [0.3, 0.4) is 0 Å². The minimum absolute atomic E-state index is 0.305. The molecule has 1 aliphatic rings. The standard InChI is InChI=1S/C18H23N5O2S/c1-12-3-4-13(15(9-12)25-2)14-10-20-16-23(14)21-17(26-16)22-7-5-18(24,11-19)6-8-22/h3-4,9-10,24H,5-8,11,19H2,1-2H3. The van der Waals surface area contributed by atoms with Crippen molar-refractivity contribution in [3.05, 3.63) is 30.0 Å². The zero-order valence-corrected chi connectivity index (χ0v) is 15.8. The van der Waals surface area contributed by atoms with Crippen molar-refractivity contribution in [1.29, 1.82) is 0 Å². The lowest BCUT2D eigenvalue weighted by Crippen LogP contribution is -2.48. The number of aryl methyl sites for hydroxylation is 1. The number of rotatable bonds is 4. The molecule has 0 unspecified atom stereocenters. The number of benzene rings is 1. The Morgan fingerprint density at radius 1 is 1.35 bits per heavy atom. The average Bonchev–Trinajstić information content (AvgIpc) is 3.23. The van der Waals surface area contributed by atoms with Gasteiger partial charge in [-0.2, -0.15) is 0 Å². The summed E-state index contributed by atoms with van der Waals surface area (Å²) in [7, 11) is 1.68. The van der Waals surface area contributed by atoms with Crippen molar-refractivity contribution in [3.63, 3.8) is 0 Å². The molecule has 4 rings (SSSR count). The zero-order valence-electron chi connectivity index (χ0n) is 15.0.